The van der Waals surface area contributed by atoms with Crippen LogP contribution in [-0.4, -0.2) is 61.9 Å². The molecule has 26 heavy (non-hydrogen) atoms. The Hall–Kier alpha value is -1.08. The smallest absolute Gasteiger partial charge is 0.255 e. The summed E-state index contributed by atoms with van der Waals surface area (Å²) in [5.41, 5.74) is 0.810. The van der Waals surface area contributed by atoms with Crippen LogP contribution in [0.3, 0.4) is 0 Å². The largest absolute Gasteiger partial charge is 0.377 e. The molecule has 1 aromatic rings. The topological polar surface area (TPSA) is 48.0 Å². The minimum Gasteiger partial charge on any atom is -0.377 e. The number of thioether (sulfide) groups is 1. The number of piperidine rings is 1. The predicted molar refractivity (Wildman–Crippen MR) is 100 cm³/mol. The molecule has 5 nitrogen and oxygen atoms in total. The van der Waals surface area contributed by atoms with Crippen molar-refractivity contribution in [3.8, 4) is 0 Å². The van der Waals surface area contributed by atoms with Gasteiger partial charge in [0.2, 0.25) is 0 Å². The molecule has 0 saturated carbocycles. The molecular formula is C20H27NO4S. The number of amides is 1. The van der Waals surface area contributed by atoms with E-state index in [0.717, 1.165) is 55.0 Å². The Bertz CT molecular complexity index is 614. The molecule has 0 bridgehead atoms. The fourth-order valence-corrected chi connectivity index (χ4v) is 5.08. The lowest BCUT2D eigenvalue weighted by atomic mass is 9.96. The summed E-state index contributed by atoms with van der Waals surface area (Å²) in [4.78, 5) is 16.2. The minimum atomic E-state index is -0.144. The van der Waals surface area contributed by atoms with Crippen molar-refractivity contribution >= 4 is 17.7 Å². The number of nitrogens with zero attached hydrogens (tertiary/aromatic N) is 1. The van der Waals surface area contributed by atoms with Crippen LogP contribution in [0.5, 0.6) is 0 Å². The van der Waals surface area contributed by atoms with Crippen molar-refractivity contribution in [1.82, 2.24) is 4.90 Å². The highest BCUT2D eigenvalue weighted by molar-refractivity contribution is 7.99. The minimum absolute atomic E-state index is 0.128. The maximum absolute atomic E-state index is 13.2. The molecule has 0 N–H and O–H groups in total. The number of likely N-dealkylation sites (tertiary alicyclic amines) is 1. The van der Waals surface area contributed by atoms with E-state index in [-0.39, 0.29) is 18.1 Å². The lowest BCUT2D eigenvalue weighted by Crippen LogP contribution is -2.44. The highest BCUT2D eigenvalue weighted by atomic mass is 32.2. The number of rotatable bonds is 5. The van der Waals surface area contributed by atoms with Crippen LogP contribution in [0.15, 0.2) is 29.2 Å². The van der Waals surface area contributed by atoms with Gasteiger partial charge >= 0.3 is 0 Å². The average molecular weight is 378 g/mol. The van der Waals surface area contributed by atoms with E-state index in [1.165, 1.54) is 0 Å². The first-order chi connectivity index (χ1) is 12.8. The highest BCUT2D eigenvalue weighted by Gasteiger charge is 2.33. The average Bonchev–Trinajstić information content (AvgIpc) is 3.40. The fourth-order valence-electron chi connectivity index (χ4n) is 3.96. The highest BCUT2D eigenvalue weighted by Crippen LogP contribution is 2.30. The van der Waals surface area contributed by atoms with Gasteiger partial charge in [-0.15, -0.1) is 11.8 Å². The fraction of sp³-hybridized carbons (Fsp3) is 0.650. The maximum atomic E-state index is 13.2. The standard InChI is InChI=1S/C20H27NO4S/c22-19(21-9-3-5-15(13-21)20-24-11-12-25-20)17-7-1-2-8-18(17)26-14-16-6-4-10-23-16/h1-2,7-8,15-16,20H,3-6,9-14H2. The monoisotopic (exact) mass is 377 g/mol. The van der Waals surface area contributed by atoms with Gasteiger partial charge in [0.25, 0.3) is 5.91 Å². The number of hydrogen-bond donors (Lipinski definition) is 0. The number of carbonyl (C=O) groups is 1. The molecule has 3 fully saturated rings. The first-order valence-electron chi connectivity index (χ1n) is 9.67. The van der Waals surface area contributed by atoms with Gasteiger partial charge in [-0.05, 0) is 37.8 Å². The van der Waals surface area contributed by atoms with Gasteiger partial charge in [0.15, 0.2) is 6.29 Å². The predicted octanol–water partition coefficient (Wildman–Crippen LogP) is 3.18. The zero-order chi connectivity index (χ0) is 17.8. The molecule has 3 aliphatic rings. The number of ether oxygens (including phenoxy) is 3. The molecule has 6 heteroatoms. The van der Waals surface area contributed by atoms with Gasteiger partial charge in [0, 0.05) is 36.3 Å². The van der Waals surface area contributed by atoms with Crippen LogP contribution >= 0.6 is 11.8 Å². The van der Waals surface area contributed by atoms with Crippen molar-refractivity contribution < 1.29 is 19.0 Å². The van der Waals surface area contributed by atoms with E-state index >= 15 is 0 Å². The van der Waals surface area contributed by atoms with Crippen LogP contribution in [0, 0.1) is 5.92 Å². The number of hydrogen-bond acceptors (Lipinski definition) is 5. The number of benzene rings is 1. The van der Waals surface area contributed by atoms with E-state index in [1.807, 2.05) is 23.1 Å². The van der Waals surface area contributed by atoms with Gasteiger partial charge in [0.1, 0.15) is 0 Å². The second-order valence-corrected chi connectivity index (χ2v) is 8.27. The van der Waals surface area contributed by atoms with Gasteiger partial charge < -0.3 is 19.1 Å². The van der Waals surface area contributed by atoms with Crippen molar-refractivity contribution in [2.45, 2.75) is 43.0 Å². The van der Waals surface area contributed by atoms with Gasteiger partial charge in [-0.2, -0.15) is 0 Å². The summed E-state index contributed by atoms with van der Waals surface area (Å²) in [5.74, 6) is 1.32. The van der Waals surface area contributed by atoms with Crippen LogP contribution in [0.25, 0.3) is 0 Å². The summed E-state index contributed by atoms with van der Waals surface area (Å²) in [6, 6.07) is 7.96. The summed E-state index contributed by atoms with van der Waals surface area (Å²) in [6.07, 6.45) is 4.51. The first kappa shape index (κ1) is 18.3. The van der Waals surface area contributed by atoms with Gasteiger partial charge in [0.05, 0.1) is 24.9 Å². The van der Waals surface area contributed by atoms with E-state index in [0.29, 0.717) is 25.9 Å². The van der Waals surface area contributed by atoms with Crippen molar-refractivity contribution in [2.75, 3.05) is 38.7 Å². The summed E-state index contributed by atoms with van der Waals surface area (Å²) < 4.78 is 17.1. The lowest BCUT2D eigenvalue weighted by Gasteiger charge is -2.35. The molecule has 142 valence electrons. The Morgan fingerprint density at radius 3 is 2.73 bits per heavy atom. The quantitative estimate of drug-likeness (QED) is 0.738. The number of carbonyl (C=O) groups excluding carboxylic acids is 1. The van der Waals surface area contributed by atoms with Crippen LogP contribution in [0.2, 0.25) is 0 Å². The second-order valence-electron chi connectivity index (χ2n) is 7.21. The van der Waals surface area contributed by atoms with Crippen LogP contribution in [-0.2, 0) is 14.2 Å². The Kier molecular flexibility index (Phi) is 6.15. The Morgan fingerprint density at radius 1 is 1.08 bits per heavy atom. The molecule has 0 aliphatic carbocycles. The normalized spacial score (nSPS) is 27.2. The summed E-state index contributed by atoms with van der Waals surface area (Å²) >= 11 is 1.74. The molecule has 1 amide bonds. The molecule has 0 aromatic heterocycles. The maximum Gasteiger partial charge on any atom is 0.255 e. The van der Waals surface area contributed by atoms with E-state index in [2.05, 4.69) is 6.07 Å². The third-order valence-electron chi connectivity index (χ3n) is 5.34. The van der Waals surface area contributed by atoms with Crippen molar-refractivity contribution in [2.24, 2.45) is 5.92 Å². The molecule has 1 aromatic carbocycles. The van der Waals surface area contributed by atoms with Crippen LogP contribution in [0.1, 0.15) is 36.0 Å². The second kappa shape index (κ2) is 8.74. The summed E-state index contributed by atoms with van der Waals surface area (Å²) in [6.45, 7) is 3.73. The molecule has 0 spiro atoms. The molecule has 2 atom stereocenters. The summed E-state index contributed by atoms with van der Waals surface area (Å²) in [7, 11) is 0. The zero-order valence-electron chi connectivity index (χ0n) is 15.1. The van der Waals surface area contributed by atoms with E-state index in [9.17, 15) is 4.79 Å². The molecule has 2 unspecified atom stereocenters. The van der Waals surface area contributed by atoms with Crippen LogP contribution < -0.4 is 0 Å². The van der Waals surface area contributed by atoms with Crippen molar-refractivity contribution in [3.63, 3.8) is 0 Å². The first-order valence-corrected chi connectivity index (χ1v) is 10.7. The SMILES string of the molecule is O=C(c1ccccc1SCC1CCCO1)N1CCCC(C2OCCO2)C1. The van der Waals surface area contributed by atoms with E-state index < -0.39 is 0 Å². The van der Waals surface area contributed by atoms with E-state index in [1.54, 1.807) is 11.8 Å². The molecule has 0 radical (unpaired) electrons. The lowest BCUT2D eigenvalue weighted by molar-refractivity contribution is -0.0969. The third kappa shape index (κ3) is 4.25. The van der Waals surface area contributed by atoms with Gasteiger partial charge in [-0.3, -0.25) is 4.79 Å². The molecule has 4 rings (SSSR count). The molecular weight excluding hydrogens is 350 g/mol. The van der Waals surface area contributed by atoms with Crippen molar-refractivity contribution in [3.05, 3.63) is 29.8 Å². The van der Waals surface area contributed by atoms with E-state index in [4.69, 9.17) is 14.2 Å². The van der Waals surface area contributed by atoms with Gasteiger partial charge in [-0.25, -0.2) is 0 Å². The van der Waals surface area contributed by atoms with Crippen molar-refractivity contribution in [1.29, 1.82) is 0 Å². The Balaban J connectivity index is 1.41. The van der Waals surface area contributed by atoms with Crippen LogP contribution in [0.4, 0.5) is 0 Å². The molecule has 3 heterocycles. The Morgan fingerprint density at radius 2 is 1.92 bits per heavy atom. The van der Waals surface area contributed by atoms with Gasteiger partial charge in [-0.1, -0.05) is 12.1 Å². The molecule has 3 aliphatic heterocycles. The zero-order valence-corrected chi connectivity index (χ0v) is 15.9. The molecule has 3 saturated heterocycles. The summed E-state index contributed by atoms with van der Waals surface area (Å²) in [5, 5.41) is 0. The third-order valence-corrected chi connectivity index (χ3v) is 6.55. The Labute approximate surface area is 159 Å².